The highest BCUT2D eigenvalue weighted by Crippen LogP contribution is 2.44. The van der Waals surface area contributed by atoms with Gasteiger partial charge < -0.3 is 10.1 Å². The Morgan fingerprint density at radius 3 is 2.83 bits per heavy atom. The second-order valence-electron chi connectivity index (χ2n) is 6.60. The second kappa shape index (κ2) is 5.01. The van der Waals surface area contributed by atoms with E-state index < -0.39 is 5.72 Å². The Morgan fingerprint density at radius 1 is 1.26 bits per heavy atom. The van der Waals surface area contributed by atoms with Gasteiger partial charge in [0.1, 0.15) is 5.75 Å². The zero-order valence-corrected chi connectivity index (χ0v) is 13.4. The number of nitrogens with zero attached hydrogens (tertiary/aromatic N) is 1. The third-order valence-corrected chi connectivity index (χ3v) is 4.75. The van der Waals surface area contributed by atoms with Crippen LogP contribution in [-0.4, -0.2) is 16.7 Å². The Labute approximate surface area is 136 Å². The van der Waals surface area contributed by atoms with Gasteiger partial charge in [-0.05, 0) is 25.5 Å². The number of carbonyl (C=O) groups is 1. The number of urea groups is 1. The first kappa shape index (κ1) is 14.1. The van der Waals surface area contributed by atoms with Crippen LogP contribution in [-0.2, 0) is 6.54 Å². The van der Waals surface area contributed by atoms with Crippen LogP contribution in [0.15, 0.2) is 48.5 Å². The quantitative estimate of drug-likeness (QED) is 0.918. The van der Waals surface area contributed by atoms with Gasteiger partial charge in [-0.3, -0.25) is 4.90 Å². The van der Waals surface area contributed by atoms with Crippen molar-refractivity contribution >= 4 is 6.03 Å². The van der Waals surface area contributed by atoms with E-state index in [-0.39, 0.29) is 12.1 Å². The predicted molar refractivity (Wildman–Crippen MR) is 88.1 cm³/mol. The number of hydrogen-bond donors (Lipinski definition) is 1. The lowest BCUT2D eigenvalue weighted by Gasteiger charge is -2.50. The molecule has 2 heterocycles. The van der Waals surface area contributed by atoms with Crippen LogP contribution in [0.1, 0.15) is 36.1 Å². The van der Waals surface area contributed by atoms with Crippen LogP contribution < -0.4 is 10.1 Å². The van der Waals surface area contributed by atoms with Gasteiger partial charge in [-0.2, -0.15) is 0 Å². The first-order valence-electron chi connectivity index (χ1n) is 7.97. The lowest BCUT2D eigenvalue weighted by molar-refractivity contribution is -0.0879. The van der Waals surface area contributed by atoms with Crippen LogP contribution in [0.25, 0.3) is 0 Å². The molecule has 2 aromatic carbocycles. The molecule has 2 aliphatic rings. The summed E-state index contributed by atoms with van der Waals surface area (Å²) in [5, 5.41) is 3.13. The number of hydrogen-bond acceptors (Lipinski definition) is 2. The summed E-state index contributed by atoms with van der Waals surface area (Å²) in [6.07, 6.45) is 0.752. The maximum absolute atomic E-state index is 12.6. The minimum Gasteiger partial charge on any atom is -0.468 e. The average molecular weight is 308 g/mol. The molecule has 4 rings (SSSR count). The van der Waals surface area contributed by atoms with Gasteiger partial charge in [-0.15, -0.1) is 0 Å². The Morgan fingerprint density at radius 2 is 2.04 bits per heavy atom. The van der Waals surface area contributed by atoms with Crippen molar-refractivity contribution < 1.29 is 9.53 Å². The van der Waals surface area contributed by atoms with Crippen LogP contribution >= 0.6 is 0 Å². The maximum Gasteiger partial charge on any atom is 0.321 e. The van der Waals surface area contributed by atoms with E-state index in [1.54, 1.807) is 4.90 Å². The standard InChI is InChI=1S/C19H20N2O2/c1-13-8-9-17-15(10-13)16-11-19(2,23-17)21(18(22)20-16)12-14-6-4-3-5-7-14/h3-10,16H,11-12H2,1-2H3,(H,20,22). The smallest absolute Gasteiger partial charge is 0.321 e. The minimum atomic E-state index is -0.620. The number of benzene rings is 2. The van der Waals surface area contributed by atoms with Crippen molar-refractivity contribution in [3.63, 3.8) is 0 Å². The van der Waals surface area contributed by atoms with E-state index in [1.165, 1.54) is 5.56 Å². The van der Waals surface area contributed by atoms with Crippen molar-refractivity contribution in [2.45, 2.75) is 38.6 Å². The lowest BCUT2D eigenvalue weighted by atomic mass is 9.89. The number of carbonyl (C=O) groups excluding carboxylic acids is 1. The summed E-state index contributed by atoms with van der Waals surface area (Å²) in [4.78, 5) is 14.4. The SMILES string of the molecule is Cc1ccc2c(c1)C1CC(C)(O2)N(Cc2ccccc2)C(=O)N1. The zero-order chi connectivity index (χ0) is 16.0. The molecule has 0 radical (unpaired) electrons. The molecule has 2 unspecified atom stereocenters. The van der Waals surface area contributed by atoms with Crippen molar-refractivity contribution in [3.8, 4) is 5.75 Å². The molecule has 2 atom stereocenters. The van der Waals surface area contributed by atoms with E-state index >= 15 is 0 Å². The Bertz CT molecular complexity index is 759. The van der Waals surface area contributed by atoms with Gasteiger partial charge in [0.05, 0.1) is 12.6 Å². The third kappa shape index (κ3) is 2.34. The normalized spacial score (nSPS) is 25.4. The van der Waals surface area contributed by atoms with Crippen LogP contribution in [0.2, 0.25) is 0 Å². The summed E-state index contributed by atoms with van der Waals surface area (Å²) in [6, 6.07) is 16.1. The maximum atomic E-state index is 12.6. The fourth-order valence-corrected chi connectivity index (χ4v) is 3.54. The first-order valence-corrected chi connectivity index (χ1v) is 7.97. The summed E-state index contributed by atoms with van der Waals surface area (Å²) in [5.41, 5.74) is 2.73. The number of nitrogens with one attached hydrogen (secondary N) is 1. The topological polar surface area (TPSA) is 41.6 Å². The first-order chi connectivity index (χ1) is 11.0. The highest BCUT2D eigenvalue weighted by molar-refractivity contribution is 5.77. The number of ether oxygens (including phenoxy) is 1. The summed E-state index contributed by atoms with van der Waals surface area (Å²) < 4.78 is 6.27. The Hall–Kier alpha value is -2.49. The molecule has 0 aliphatic carbocycles. The predicted octanol–water partition coefficient (Wildman–Crippen LogP) is 3.76. The van der Waals surface area contributed by atoms with E-state index in [0.29, 0.717) is 6.54 Å². The van der Waals surface area contributed by atoms with E-state index in [2.05, 4.69) is 18.3 Å². The number of aryl methyl sites for hydroxylation is 1. The molecule has 0 spiro atoms. The Kier molecular flexibility index (Phi) is 3.08. The molecule has 0 saturated carbocycles. The molecule has 118 valence electrons. The number of rotatable bonds is 2. The molecule has 4 heteroatoms. The average Bonchev–Trinajstić information content (AvgIpc) is 2.53. The monoisotopic (exact) mass is 308 g/mol. The van der Waals surface area contributed by atoms with E-state index in [0.717, 1.165) is 23.3 Å². The molecule has 1 N–H and O–H groups in total. The number of fused-ring (bicyclic) bond motifs is 4. The zero-order valence-electron chi connectivity index (χ0n) is 13.4. The number of amides is 2. The van der Waals surface area contributed by atoms with Crippen LogP contribution in [0.5, 0.6) is 5.75 Å². The van der Waals surface area contributed by atoms with Gasteiger partial charge in [-0.25, -0.2) is 4.79 Å². The molecule has 23 heavy (non-hydrogen) atoms. The summed E-state index contributed by atoms with van der Waals surface area (Å²) >= 11 is 0. The van der Waals surface area contributed by atoms with Gasteiger partial charge in [-0.1, -0.05) is 48.0 Å². The molecule has 0 aromatic heterocycles. The lowest BCUT2D eigenvalue weighted by Crippen LogP contribution is -2.64. The molecular formula is C19H20N2O2. The summed E-state index contributed by atoms with van der Waals surface area (Å²) in [5.74, 6) is 0.868. The van der Waals surface area contributed by atoms with Gasteiger partial charge in [0, 0.05) is 12.0 Å². The van der Waals surface area contributed by atoms with Gasteiger partial charge in [0.25, 0.3) is 0 Å². The van der Waals surface area contributed by atoms with Crippen molar-refractivity contribution in [1.82, 2.24) is 10.2 Å². The van der Waals surface area contributed by atoms with E-state index in [9.17, 15) is 4.79 Å². The minimum absolute atomic E-state index is 0.0168. The van der Waals surface area contributed by atoms with Gasteiger partial charge >= 0.3 is 6.03 Å². The second-order valence-corrected chi connectivity index (χ2v) is 6.60. The van der Waals surface area contributed by atoms with E-state index in [4.69, 9.17) is 4.74 Å². The van der Waals surface area contributed by atoms with Crippen LogP contribution in [0.4, 0.5) is 4.79 Å². The molecule has 4 nitrogen and oxygen atoms in total. The van der Waals surface area contributed by atoms with Crippen molar-refractivity contribution in [1.29, 1.82) is 0 Å². The highest BCUT2D eigenvalue weighted by atomic mass is 16.5. The van der Waals surface area contributed by atoms with Crippen molar-refractivity contribution in [3.05, 3.63) is 65.2 Å². The fraction of sp³-hybridized carbons (Fsp3) is 0.316. The largest absolute Gasteiger partial charge is 0.468 e. The summed E-state index contributed by atoms with van der Waals surface area (Å²) in [6.45, 7) is 4.60. The van der Waals surface area contributed by atoms with Crippen molar-refractivity contribution in [2.75, 3.05) is 0 Å². The van der Waals surface area contributed by atoms with Crippen LogP contribution in [0.3, 0.4) is 0 Å². The molecule has 2 aromatic rings. The van der Waals surface area contributed by atoms with Crippen LogP contribution in [0, 0.1) is 6.92 Å². The van der Waals surface area contributed by atoms with Crippen molar-refractivity contribution in [2.24, 2.45) is 0 Å². The van der Waals surface area contributed by atoms with Gasteiger partial charge in [0.2, 0.25) is 0 Å². The molecule has 2 aliphatic heterocycles. The molecule has 1 saturated heterocycles. The molecule has 1 fully saturated rings. The Balaban J connectivity index is 1.69. The highest BCUT2D eigenvalue weighted by Gasteiger charge is 2.48. The van der Waals surface area contributed by atoms with E-state index in [1.807, 2.05) is 49.4 Å². The molecule has 2 amide bonds. The summed E-state index contributed by atoms with van der Waals surface area (Å²) in [7, 11) is 0. The fourth-order valence-electron chi connectivity index (χ4n) is 3.54. The van der Waals surface area contributed by atoms with Gasteiger partial charge in [0.15, 0.2) is 5.72 Å². The molecule has 2 bridgehead atoms. The molecular weight excluding hydrogens is 288 g/mol. The third-order valence-electron chi connectivity index (χ3n) is 4.75.